The molecule has 2 N–H and O–H groups in total. The number of carbonyl (C=O) groups is 1. The molecule has 0 saturated heterocycles. The molecule has 1 aliphatic heterocycles. The van der Waals surface area contributed by atoms with E-state index in [1.54, 1.807) is 14.0 Å². The van der Waals surface area contributed by atoms with Crippen molar-refractivity contribution >= 4 is 18.3 Å². The highest BCUT2D eigenvalue weighted by atomic mass is 35.5. The molecule has 0 radical (unpaired) electrons. The van der Waals surface area contributed by atoms with E-state index >= 15 is 0 Å². The van der Waals surface area contributed by atoms with Crippen molar-refractivity contribution < 1.29 is 14.3 Å². The Balaban J connectivity index is 0.00000264. The molecule has 1 aliphatic rings. The summed E-state index contributed by atoms with van der Waals surface area (Å²) in [5.41, 5.74) is 2.26. The van der Waals surface area contributed by atoms with E-state index < -0.39 is 6.10 Å². The molecule has 1 amide bonds. The quantitative estimate of drug-likeness (QED) is 0.746. The molecule has 23 heavy (non-hydrogen) atoms. The molecule has 1 aromatic carbocycles. The van der Waals surface area contributed by atoms with Crippen LogP contribution in [0.4, 0.5) is 0 Å². The molecule has 0 spiro atoms. The van der Waals surface area contributed by atoms with Gasteiger partial charge >= 0.3 is 0 Å². The zero-order valence-electron chi connectivity index (χ0n) is 13.6. The van der Waals surface area contributed by atoms with Crippen LogP contribution in [0.25, 0.3) is 0 Å². The molecule has 6 heteroatoms. The van der Waals surface area contributed by atoms with Crippen LogP contribution in [-0.4, -0.2) is 38.8 Å². The minimum Gasteiger partial charge on any atom is -0.497 e. The zero-order valence-corrected chi connectivity index (χ0v) is 14.4. The van der Waals surface area contributed by atoms with Crippen LogP contribution in [-0.2, 0) is 16.1 Å². The smallest absolute Gasteiger partial charge is 0.249 e. The fourth-order valence-corrected chi connectivity index (χ4v) is 2.23. The monoisotopic (exact) mass is 340 g/mol. The molecule has 0 fully saturated rings. The largest absolute Gasteiger partial charge is 0.497 e. The number of methoxy groups -OCH3 is 1. The summed E-state index contributed by atoms with van der Waals surface area (Å²) in [4.78, 5) is 12.0. The molecule has 2 rings (SSSR count). The van der Waals surface area contributed by atoms with Crippen LogP contribution in [0, 0.1) is 0 Å². The van der Waals surface area contributed by atoms with Crippen molar-refractivity contribution in [2.75, 3.05) is 26.7 Å². The third kappa shape index (κ3) is 6.60. The van der Waals surface area contributed by atoms with Gasteiger partial charge in [0.1, 0.15) is 11.9 Å². The highest BCUT2D eigenvalue weighted by molar-refractivity contribution is 5.85. The first-order valence-electron chi connectivity index (χ1n) is 7.60. The first-order valence-corrected chi connectivity index (χ1v) is 7.60. The van der Waals surface area contributed by atoms with Crippen molar-refractivity contribution in [3.05, 3.63) is 41.5 Å². The fourth-order valence-electron chi connectivity index (χ4n) is 2.23. The Hall–Kier alpha value is -1.56. The predicted octanol–water partition coefficient (Wildman–Crippen LogP) is 2.06. The molecule has 1 unspecified atom stereocenters. The summed E-state index contributed by atoms with van der Waals surface area (Å²) in [6, 6.07) is 7.65. The van der Waals surface area contributed by atoms with E-state index in [1.807, 2.05) is 24.3 Å². The molecule has 1 heterocycles. The van der Waals surface area contributed by atoms with Gasteiger partial charge in [-0.05, 0) is 37.6 Å². The zero-order chi connectivity index (χ0) is 15.8. The maximum absolute atomic E-state index is 12.0. The second-order valence-electron chi connectivity index (χ2n) is 5.34. The lowest BCUT2D eigenvalue weighted by molar-refractivity contribution is -0.132. The number of rotatable bonds is 7. The molecule has 1 atom stereocenters. The van der Waals surface area contributed by atoms with Crippen LogP contribution in [0.1, 0.15) is 18.9 Å². The molecular formula is C17H25ClN2O3. The number of carbonyl (C=O) groups excluding carboxylic acids is 1. The molecule has 5 nitrogen and oxygen atoms in total. The van der Waals surface area contributed by atoms with E-state index in [4.69, 9.17) is 9.47 Å². The maximum Gasteiger partial charge on any atom is 0.249 e. The lowest BCUT2D eigenvalue weighted by atomic mass is 10.1. The van der Waals surface area contributed by atoms with Crippen molar-refractivity contribution in [2.24, 2.45) is 0 Å². The van der Waals surface area contributed by atoms with Gasteiger partial charge in [0.25, 0.3) is 0 Å². The molecule has 0 bridgehead atoms. The van der Waals surface area contributed by atoms with Crippen molar-refractivity contribution in [2.45, 2.75) is 26.1 Å². The lowest BCUT2D eigenvalue weighted by Crippen LogP contribution is -2.36. The van der Waals surface area contributed by atoms with Gasteiger partial charge in [-0.15, -0.1) is 12.4 Å². The van der Waals surface area contributed by atoms with E-state index in [0.717, 1.165) is 30.8 Å². The maximum atomic E-state index is 12.0. The Morgan fingerprint density at radius 2 is 2.26 bits per heavy atom. The van der Waals surface area contributed by atoms with Crippen LogP contribution >= 0.6 is 12.4 Å². The summed E-state index contributed by atoms with van der Waals surface area (Å²) in [6.45, 7) is 4.62. The van der Waals surface area contributed by atoms with Gasteiger partial charge in [0, 0.05) is 13.1 Å². The summed E-state index contributed by atoms with van der Waals surface area (Å²) in [7, 11) is 1.63. The van der Waals surface area contributed by atoms with E-state index in [2.05, 4.69) is 16.7 Å². The summed E-state index contributed by atoms with van der Waals surface area (Å²) in [5, 5.41) is 6.18. The van der Waals surface area contributed by atoms with Crippen LogP contribution in [0.5, 0.6) is 5.75 Å². The van der Waals surface area contributed by atoms with Crippen LogP contribution in [0.15, 0.2) is 35.9 Å². The van der Waals surface area contributed by atoms with Gasteiger partial charge in [-0.25, -0.2) is 0 Å². The predicted molar refractivity (Wildman–Crippen MR) is 93.1 cm³/mol. The highest BCUT2D eigenvalue weighted by Crippen LogP contribution is 2.14. The van der Waals surface area contributed by atoms with Gasteiger partial charge < -0.3 is 20.1 Å². The molecular weight excluding hydrogens is 316 g/mol. The minimum atomic E-state index is -0.478. The number of benzene rings is 1. The fraction of sp³-hybridized carbons (Fsp3) is 0.471. The summed E-state index contributed by atoms with van der Waals surface area (Å²) < 4.78 is 10.8. The van der Waals surface area contributed by atoms with Crippen molar-refractivity contribution in [1.82, 2.24) is 10.6 Å². The average Bonchev–Trinajstić information content (AvgIpc) is 2.58. The van der Waals surface area contributed by atoms with E-state index in [0.29, 0.717) is 13.2 Å². The number of amides is 1. The van der Waals surface area contributed by atoms with E-state index in [1.165, 1.54) is 5.57 Å². The van der Waals surface area contributed by atoms with Gasteiger partial charge in [0.15, 0.2) is 0 Å². The van der Waals surface area contributed by atoms with Crippen molar-refractivity contribution in [3.8, 4) is 5.75 Å². The molecule has 1 aromatic rings. The molecule has 0 aliphatic carbocycles. The topological polar surface area (TPSA) is 59.6 Å². The molecule has 0 saturated carbocycles. The first-order chi connectivity index (χ1) is 10.7. The summed E-state index contributed by atoms with van der Waals surface area (Å²) in [5.74, 6) is 0.707. The van der Waals surface area contributed by atoms with Gasteiger partial charge in [-0.1, -0.05) is 23.8 Å². The number of hydrogen-bond acceptors (Lipinski definition) is 4. The van der Waals surface area contributed by atoms with Crippen molar-refractivity contribution in [1.29, 1.82) is 0 Å². The molecule has 128 valence electrons. The van der Waals surface area contributed by atoms with Gasteiger partial charge in [-0.3, -0.25) is 4.79 Å². The SMILES string of the molecule is COc1cccc(COC(C)C(=O)NCC2=CCNCC2)c1.Cl. The van der Waals surface area contributed by atoms with Crippen LogP contribution in [0.2, 0.25) is 0 Å². The summed E-state index contributed by atoms with van der Waals surface area (Å²) >= 11 is 0. The Morgan fingerprint density at radius 1 is 1.43 bits per heavy atom. The van der Waals surface area contributed by atoms with Gasteiger partial charge in [0.05, 0.1) is 13.7 Å². The third-order valence-electron chi connectivity index (χ3n) is 3.65. The lowest BCUT2D eigenvalue weighted by Gasteiger charge is -2.17. The highest BCUT2D eigenvalue weighted by Gasteiger charge is 2.14. The van der Waals surface area contributed by atoms with Gasteiger partial charge in [0.2, 0.25) is 5.91 Å². The Labute approximate surface area is 143 Å². The Kier molecular flexibility index (Phi) is 8.69. The average molecular weight is 341 g/mol. The normalized spacial score (nSPS) is 15.1. The van der Waals surface area contributed by atoms with Gasteiger partial charge in [-0.2, -0.15) is 0 Å². The van der Waals surface area contributed by atoms with Crippen molar-refractivity contribution in [3.63, 3.8) is 0 Å². The number of ether oxygens (including phenoxy) is 2. The second-order valence-corrected chi connectivity index (χ2v) is 5.34. The first kappa shape index (κ1) is 19.5. The number of hydrogen-bond donors (Lipinski definition) is 2. The van der Waals surface area contributed by atoms with E-state index in [9.17, 15) is 4.79 Å². The van der Waals surface area contributed by atoms with Crippen LogP contribution < -0.4 is 15.4 Å². The summed E-state index contributed by atoms with van der Waals surface area (Å²) in [6.07, 6.45) is 2.64. The number of nitrogens with one attached hydrogen (secondary N) is 2. The molecule has 0 aromatic heterocycles. The van der Waals surface area contributed by atoms with Crippen LogP contribution in [0.3, 0.4) is 0 Å². The van der Waals surface area contributed by atoms with E-state index in [-0.39, 0.29) is 18.3 Å². The standard InChI is InChI=1S/C17H24N2O3.ClH/c1-13(17(20)19-11-14-6-8-18-9-7-14)22-12-15-4-3-5-16(10-15)21-2;/h3-6,10,13,18H,7-9,11-12H2,1-2H3,(H,19,20);1H. The Morgan fingerprint density at radius 3 is 2.96 bits per heavy atom. The minimum absolute atomic E-state index is 0. The number of halogens is 1. The Bertz CT molecular complexity index is 534. The second kappa shape index (κ2) is 10.3. The third-order valence-corrected chi connectivity index (χ3v) is 3.65.